The Labute approximate surface area is 188 Å². The summed E-state index contributed by atoms with van der Waals surface area (Å²) in [6.45, 7) is 4.37. The topological polar surface area (TPSA) is 121 Å². The highest BCUT2D eigenvalue weighted by molar-refractivity contribution is 7.99. The number of aromatic nitrogens is 3. The molecule has 0 fully saturated rings. The highest BCUT2D eigenvalue weighted by Gasteiger charge is 2.15. The van der Waals surface area contributed by atoms with Crippen molar-refractivity contribution in [3.8, 4) is 11.5 Å². The Hall–Kier alpha value is -3.86. The van der Waals surface area contributed by atoms with Crippen molar-refractivity contribution in [2.45, 2.75) is 18.3 Å². The van der Waals surface area contributed by atoms with Crippen molar-refractivity contribution >= 4 is 29.0 Å². The number of carbonyl (C=O) groups excluding carboxylic acids is 1. The second-order valence-electron chi connectivity index (χ2n) is 6.38. The first-order valence-corrected chi connectivity index (χ1v) is 10.5. The SMILES string of the molecule is C=CCn1c(COc2ccccc2OC)nnc1SCC(=O)Nc1ccc([N+](=O)[O-])cc1. The molecule has 10 nitrogen and oxygen atoms in total. The Kier molecular flexibility index (Phi) is 7.81. The molecule has 0 aliphatic rings. The van der Waals surface area contributed by atoms with Gasteiger partial charge in [0.1, 0.15) is 6.61 Å². The lowest BCUT2D eigenvalue weighted by Gasteiger charge is -2.11. The van der Waals surface area contributed by atoms with E-state index >= 15 is 0 Å². The van der Waals surface area contributed by atoms with Crippen LogP contribution in [0.15, 0.2) is 66.3 Å². The fraction of sp³-hybridized carbons (Fsp3) is 0.190. The minimum Gasteiger partial charge on any atom is -0.493 e. The molecule has 32 heavy (non-hydrogen) atoms. The van der Waals surface area contributed by atoms with E-state index in [0.717, 1.165) is 0 Å². The van der Waals surface area contributed by atoms with Crippen LogP contribution in [0.1, 0.15) is 5.82 Å². The van der Waals surface area contributed by atoms with Crippen LogP contribution in [0.2, 0.25) is 0 Å². The van der Waals surface area contributed by atoms with Crippen LogP contribution in [0.25, 0.3) is 0 Å². The van der Waals surface area contributed by atoms with Gasteiger partial charge in [0.2, 0.25) is 5.91 Å². The van der Waals surface area contributed by atoms with Crippen molar-refractivity contribution in [3.63, 3.8) is 0 Å². The molecule has 0 radical (unpaired) electrons. The smallest absolute Gasteiger partial charge is 0.269 e. The zero-order valence-electron chi connectivity index (χ0n) is 17.3. The summed E-state index contributed by atoms with van der Waals surface area (Å²) in [5, 5.41) is 22.3. The minimum atomic E-state index is -0.497. The van der Waals surface area contributed by atoms with E-state index in [4.69, 9.17) is 9.47 Å². The number of para-hydroxylation sites is 2. The monoisotopic (exact) mass is 455 g/mol. The number of nitrogens with one attached hydrogen (secondary N) is 1. The van der Waals surface area contributed by atoms with Crippen LogP contribution >= 0.6 is 11.8 Å². The molecule has 1 amide bonds. The Morgan fingerprint density at radius 1 is 1.22 bits per heavy atom. The van der Waals surface area contributed by atoms with Crippen molar-refractivity contribution in [1.29, 1.82) is 0 Å². The number of allylic oxidation sites excluding steroid dienone is 1. The molecule has 0 aliphatic carbocycles. The summed E-state index contributed by atoms with van der Waals surface area (Å²) in [5.74, 6) is 1.58. The summed E-state index contributed by atoms with van der Waals surface area (Å²) < 4.78 is 12.9. The van der Waals surface area contributed by atoms with Crippen LogP contribution < -0.4 is 14.8 Å². The van der Waals surface area contributed by atoms with Crippen molar-refractivity contribution in [3.05, 3.63) is 77.1 Å². The molecule has 0 atom stereocenters. The number of ether oxygens (including phenoxy) is 2. The van der Waals surface area contributed by atoms with Gasteiger partial charge in [0.05, 0.1) is 17.8 Å². The largest absolute Gasteiger partial charge is 0.493 e. The van der Waals surface area contributed by atoms with Gasteiger partial charge in [0.25, 0.3) is 5.69 Å². The first kappa shape index (κ1) is 22.8. The Morgan fingerprint density at radius 3 is 2.59 bits per heavy atom. The number of carbonyl (C=O) groups is 1. The van der Waals surface area contributed by atoms with Gasteiger partial charge in [-0.1, -0.05) is 30.0 Å². The van der Waals surface area contributed by atoms with Crippen LogP contribution in [0.4, 0.5) is 11.4 Å². The molecule has 1 N–H and O–H groups in total. The molecular formula is C21H21N5O5S. The maximum atomic E-state index is 12.3. The number of nitrogens with zero attached hydrogens (tertiary/aromatic N) is 4. The normalized spacial score (nSPS) is 10.4. The van der Waals surface area contributed by atoms with Gasteiger partial charge in [-0.05, 0) is 24.3 Å². The summed E-state index contributed by atoms with van der Waals surface area (Å²) >= 11 is 1.21. The van der Waals surface area contributed by atoms with Gasteiger partial charge in [0.15, 0.2) is 22.5 Å². The maximum absolute atomic E-state index is 12.3. The van der Waals surface area contributed by atoms with Gasteiger partial charge in [-0.2, -0.15) is 0 Å². The summed E-state index contributed by atoms with van der Waals surface area (Å²) in [4.78, 5) is 22.5. The number of hydrogen-bond acceptors (Lipinski definition) is 8. The maximum Gasteiger partial charge on any atom is 0.269 e. The van der Waals surface area contributed by atoms with E-state index in [-0.39, 0.29) is 24.0 Å². The van der Waals surface area contributed by atoms with Crippen LogP contribution in [0.3, 0.4) is 0 Å². The predicted octanol–water partition coefficient (Wildman–Crippen LogP) is 3.69. The highest BCUT2D eigenvalue weighted by Crippen LogP contribution is 2.27. The quantitative estimate of drug-likeness (QED) is 0.201. The molecule has 11 heteroatoms. The van der Waals surface area contributed by atoms with E-state index in [1.165, 1.54) is 36.0 Å². The van der Waals surface area contributed by atoms with Gasteiger partial charge >= 0.3 is 0 Å². The van der Waals surface area contributed by atoms with Crippen molar-refractivity contribution in [2.24, 2.45) is 0 Å². The highest BCUT2D eigenvalue weighted by atomic mass is 32.2. The number of nitro benzene ring substituents is 1. The molecule has 1 aromatic heterocycles. The van der Waals surface area contributed by atoms with Crippen molar-refractivity contribution in [2.75, 3.05) is 18.2 Å². The van der Waals surface area contributed by atoms with E-state index in [1.807, 2.05) is 16.7 Å². The number of hydrogen-bond donors (Lipinski definition) is 1. The molecule has 166 valence electrons. The molecule has 1 heterocycles. The number of non-ortho nitro benzene ring substituents is 1. The third kappa shape index (κ3) is 5.85. The second-order valence-corrected chi connectivity index (χ2v) is 7.32. The van der Waals surface area contributed by atoms with Crippen molar-refractivity contribution in [1.82, 2.24) is 14.8 Å². The number of amides is 1. The van der Waals surface area contributed by atoms with Crippen LogP contribution in [0.5, 0.6) is 11.5 Å². The minimum absolute atomic E-state index is 0.0437. The van der Waals surface area contributed by atoms with E-state index in [9.17, 15) is 14.9 Å². The number of benzene rings is 2. The molecule has 3 aromatic rings. The number of methoxy groups -OCH3 is 1. The van der Waals surface area contributed by atoms with Crippen LogP contribution in [0, 0.1) is 10.1 Å². The number of thioether (sulfide) groups is 1. The second kappa shape index (κ2) is 11.0. The van der Waals surface area contributed by atoms with Gasteiger partial charge < -0.3 is 14.8 Å². The molecule has 0 bridgehead atoms. The molecule has 2 aromatic carbocycles. The third-order valence-electron chi connectivity index (χ3n) is 4.23. The van der Waals surface area contributed by atoms with Gasteiger partial charge in [-0.3, -0.25) is 19.5 Å². The lowest BCUT2D eigenvalue weighted by molar-refractivity contribution is -0.384. The zero-order valence-corrected chi connectivity index (χ0v) is 18.1. The van der Waals surface area contributed by atoms with Gasteiger partial charge in [-0.25, -0.2) is 0 Å². The average Bonchev–Trinajstić information content (AvgIpc) is 3.18. The van der Waals surface area contributed by atoms with E-state index < -0.39 is 4.92 Å². The fourth-order valence-corrected chi connectivity index (χ4v) is 3.49. The zero-order chi connectivity index (χ0) is 22.9. The van der Waals surface area contributed by atoms with Crippen LogP contribution in [-0.2, 0) is 17.9 Å². The Balaban J connectivity index is 1.61. The summed E-state index contributed by atoms with van der Waals surface area (Å²) in [5.41, 5.74) is 0.428. The van der Waals surface area contributed by atoms with Gasteiger partial charge in [0, 0.05) is 24.4 Å². The third-order valence-corrected chi connectivity index (χ3v) is 5.19. The van der Waals surface area contributed by atoms with E-state index in [2.05, 4.69) is 22.1 Å². The first-order chi connectivity index (χ1) is 15.5. The lowest BCUT2D eigenvalue weighted by atomic mass is 10.3. The molecule has 3 rings (SSSR count). The Bertz CT molecular complexity index is 1100. The van der Waals surface area contributed by atoms with Crippen LogP contribution in [-0.4, -0.2) is 38.5 Å². The van der Waals surface area contributed by atoms with Gasteiger partial charge in [-0.15, -0.1) is 16.8 Å². The lowest BCUT2D eigenvalue weighted by Crippen LogP contribution is -2.15. The molecule has 0 unspecified atom stereocenters. The summed E-state index contributed by atoms with van der Waals surface area (Å²) in [7, 11) is 1.57. The first-order valence-electron chi connectivity index (χ1n) is 9.47. The molecular weight excluding hydrogens is 434 g/mol. The number of rotatable bonds is 11. The molecule has 0 saturated carbocycles. The molecule has 0 spiro atoms. The predicted molar refractivity (Wildman–Crippen MR) is 120 cm³/mol. The Morgan fingerprint density at radius 2 is 1.94 bits per heavy atom. The average molecular weight is 455 g/mol. The van der Waals surface area contributed by atoms with E-state index in [0.29, 0.717) is 34.7 Å². The fourth-order valence-electron chi connectivity index (χ4n) is 2.72. The molecule has 0 saturated heterocycles. The summed E-state index contributed by atoms with van der Waals surface area (Å²) in [6, 6.07) is 12.9. The van der Waals surface area contributed by atoms with E-state index in [1.54, 1.807) is 25.3 Å². The number of nitro groups is 1. The number of anilines is 1. The van der Waals surface area contributed by atoms with Crippen molar-refractivity contribution < 1.29 is 19.2 Å². The summed E-state index contributed by atoms with van der Waals surface area (Å²) in [6.07, 6.45) is 1.71. The standard InChI is InChI=1S/C21H21N5O5S/c1-3-12-25-19(13-31-18-7-5-4-6-17(18)30-2)23-24-21(25)32-14-20(27)22-15-8-10-16(11-9-15)26(28)29/h3-11H,1,12-14H2,2H3,(H,22,27). The molecule has 0 aliphatic heterocycles.